The Labute approximate surface area is 136 Å². The monoisotopic (exact) mass is 328 g/mol. The normalized spacial score (nSPS) is 12.8. The summed E-state index contributed by atoms with van der Waals surface area (Å²) < 4.78 is 0. The summed E-state index contributed by atoms with van der Waals surface area (Å²) in [4.78, 5) is 6.08. The molecule has 0 bridgehead atoms. The van der Waals surface area contributed by atoms with Crippen LogP contribution in [-0.4, -0.2) is 17.8 Å². The number of benzene rings is 1. The smallest absolute Gasteiger partial charge is 0.0705 e. The molecular formula is C15H18Cl2N2S. The van der Waals surface area contributed by atoms with Crippen LogP contribution < -0.4 is 5.32 Å². The SMILES string of the molecule is CSc1ccc(-c2ccc3c(n2)CCNC3)cc1.Cl.Cl. The summed E-state index contributed by atoms with van der Waals surface area (Å²) in [6.07, 6.45) is 3.13. The van der Waals surface area contributed by atoms with Crippen molar-refractivity contribution in [3.05, 3.63) is 47.7 Å². The molecule has 1 N–H and O–H groups in total. The van der Waals surface area contributed by atoms with Crippen molar-refractivity contribution >= 4 is 36.6 Å². The first-order chi connectivity index (χ1) is 8.86. The van der Waals surface area contributed by atoms with Crippen LogP contribution in [0, 0.1) is 0 Å². The molecule has 2 nitrogen and oxygen atoms in total. The standard InChI is InChI=1S/C15H16N2S.2ClH/c1-18-13-5-2-11(3-6-13)14-7-4-12-10-16-9-8-15(12)17-14;;/h2-7,16H,8-10H2,1H3;2*1H. The lowest BCUT2D eigenvalue weighted by molar-refractivity contribution is 0.631. The number of pyridine rings is 1. The van der Waals surface area contributed by atoms with E-state index in [9.17, 15) is 0 Å². The van der Waals surface area contributed by atoms with Crippen molar-refractivity contribution in [3.8, 4) is 11.3 Å². The zero-order chi connectivity index (χ0) is 12.4. The highest BCUT2D eigenvalue weighted by Gasteiger charge is 2.11. The third kappa shape index (κ3) is 3.67. The zero-order valence-corrected chi connectivity index (χ0v) is 13.7. The summed E-state index contributed by atoms with van der Waals surface area (Å²) in [5.41, 5.74) is 4.88. The summed E-state index contributed by atoms with van der Waals surface area (Å²) >= 11 is 1.77. The summed E-state index contributed by atoms with van der Waals surface area (Å²) in [6.45, 7) is 1.99. The number of nitrogens with one attached hydrogen (secondary N) is 1. The van der Waals surface area contributed by atoms with Gasteiger partial charge in [0, 0.05) is 35.7 Å². The Morgan fingerprint density at radius 3 is 2.50 bits per heavy atom. The van der Waals surface area contributed by atoms with Crippen LogP contribution in [0.5, 0.6) is 0 Å². The highest BCUT2D eigenvalue weighted by Crippen LogP contribution is 2.23. The minimum atomic E-state index is 0. The van der Waals surface area contributed by atoms with Gasteiger partial charge in [0.05, 0.1) is 5.69 Å². The predicted molar refractivity (Wildman–Crippen MR) is 91.4 cm³/mol. The quantitative estimate of drug-likeness (QED) is 0.844. The van der Waals surface area contributed by atoms with Crippen molar-refractivity contribution < 1.29 is 0 Å². The van der Waals surface area contributed by atoms with Gasteiger partial charge in [-0.3, -0.25) is 4.98 Å². The summed E-state index contributed by atoms with van der Waals surface area (Å²) in [5.74, 6) is 0. The van der Waals surface area contributed by atoms with Gasteiger partial charge in [0.15, 0.2) is 0 Å². The molecule has 5 heteroatoms. The molecule has 3 rings (SSSR count). The fourth-order valence-electron chi connectivity index (χ4n) is 2.26. The third-order valence-electron chi connectivity index (χ3n) is 3.31. The first kappa shape index (κ1) is 17.3. The summed E-state index contributed by atoms with van der Waals surface area (Å²) in [5, 5.41) is 3.37. The van der Waals surface area contributed by atoms with Gasteiger partial charge in [0.2, 0.25) is 0 Å². The highest BCUT2D eigenvalue weighted by molar-refractivity contribution is 7.98. The van der Waals surface area contributed by atoms with E-state index in [0.717, 1.165) is 25.2 Å². The Morgan fingerprint density at radius 1 is 1.05 bits per heavy atom. The highest BCUT2D eigenvalue weighted by atomic mass is 35.5. The van der Waals surface area contributed by atoms with E-state index in [1.165, 1.54) is 21.7 Å². The van der Waals surface area contributed by atoms with E-state index >= 15 is 0 Å². The van der Waals surface area contributed by atoms with Crippen molar-refractivity contribution in [3.63, 3.8) is 0 Å². The Morgan fingerprint density at radius 2 is 1.80 bits per heavy atom. The minimum absolute atomic E-state index is 0. The molecule has 0 unspecified atom stereocenters. The molecule has 1 aliphatic heterocycles. The van der Waals surface area contributed by atoms with Crippen molar-refractivity contribution in [2.75, 3.05) is 12.8 Å². The average molecular weight is 329 g/mol. The topological polar surface area (TPSA) is 24.9 Å². The van der Waals surface area contributed by atoms with Crippen molar-refractivity contribution in [2.24, 2.45) is 0 Å². The lowest BCUT2D eigenvalue weighted by Crippen LogP contribution is -2.24. The van der Waals surface area contributed by atoms with E-state index in [-0.39, 0.29) is 24.8 Å². The summed E-state index contributed by atoms with van der Waals surface area (Å²) in [7, 11) is 0. The van der Waals surface area contributed by atoms with Gasteiger partial charge in [-0.15, -0.1) is 36.6 Å². The molecule has 0 fully saturated rings. The molecule has 0 saturated carbocycles. The lowest BCUT2D eigenvalue weighted by Gasteiger charge is -2.16. The Hall–Kier alpha value is -0.740. The van der Waals surface area contributed by atoms with Gasteiger partial charge < -0.3 is 5.32 Å². The lowest BCUT2D eigenvalue weighted by atomic mass is 10.0. The van der Waals surface area contributed by atoms with E-state index in [1.54, 1.807) is 11.8 Å². The maximum Gasteiger partial charge on any atom is 0.0705 e. The molecule has 0 spiro atoms. The number of aromatic nitrogens is 1. The van der Waals surface area contributed by atoms with Crippen LogP contribution in [0.2, 0.25) is 0 Å². The second-order valence-electron chi connectivity index (χ2n) is 4.46. The van der Waals surface area contributed by atoms with Gasteiger partial charge in [-0.1, -0.05) is 18.2 Å². The zero-order valence-electron chi connectivity index (χ0n) is 11.3. The molecule has 1 aromatic carbocycles. The second-order valence-corrected chi connectivity index (χ2v) is 5.34. The van der Waals surface area contributed by atoms with E-state index in [0.29, 0.717) is 0 Å². The molecule has 0 amide bonds. The van der Waals surface area contributed by atoms with E-state index in [4.69, 9.17) is 4.98 Å². The van der Waals surface area contributed by atoms with Crippen LogP contribution in [0.25, 0.3) is 11.3 Å². The Balaban J connectivity index is 0.000001000. The molecule has 0 radical (unpaired) electrons. The molecule has 0 saturated heterocycles. The van der Waals surface area contributed by atoms with Crippen LogP contribution >= 0.6 is 36.6 Å². The van der Waals surface area contributed by atoms with Crippen LogP contribution in [0.15, 0.2) is 41.3 Å². The fraction of sp³-hybridized carbons (Fsp3) is 0.267. The average Bonchev–Trinajstić information content (AvgIpc) is 2.47. The number of hydrogen-bond donors (Lipinski definition) is 1. The molecule has 2 aromatic rings. The first-order valence-electron chi connectivity index (χ1n) is 6.21. The number of halogens is 2. The maximum absolute atomic E-state index is 4.79. The Kier molecular flexibility index (Phi) is 6.83. The molecule has 2 heterocycles. The van der Waals surface area contributed by atoms with Gasteiger partial charge in [-0.2, -0.15) is 0 Å². The van der Waals surface area contributed by atoms with Gasteiger partial charge >= 0.3 is 0 Å². The molecule has 108 valence electrons. The molecule has 20 heavy (non-hydrogen) atoms. The van der Waals surface area contributed by atoms with Gasteiger partial charge in [0.1, 0.15) is 0 Å². The van der Waals surface area contributed by atoms with Crippen molar-refractivity contribution in [2.45, 2.75) is 17.9 Å². The van der Waals surface area contributed by atoms with Crippen LogP contribution in [0.4, 0.5) is 0 Å². The van der Waals surface area contributed by atoms with Gasteiger partial charge in [0.25, 0.3) is 0 Å². The molecule has 0 aliphatic carbocycles. The number of fused-ring (bicyclic) bond motifs is 1. The van der Waals surface area contributed by atoms with Crippen molar-refractivity contribution in [1.82, 2.24) is 10.3 Å². The number of rotatable bonds is 2. The third-order valence-corrected chi connectivity index (χ3v) is 4.05. The molecule has 1 aromatic heterocycles. The molecule has 0 atom stereocenters. The Bertz CT molecular complexity index is 558. The van der Waals surface area contributed by atoms with Gasteiger partial charge in [-0.05, 0) is 30.0 Å². The van der Waals surface area contributed by atoms with E-state index < -0.39 is 0 Å². The second kappa shape index (κ2) is 7.89. The minimum Gasteiger partial charge on any atom is -0.312 e. The first-order valence-corrected chi connectivity index (χ1v) is 7.43. The number of hydrogen-bond acceptors (Lipinski definition) is 3. The largest absolute Gasteiger partial charge is 0.312 e. The van der Waals surface area contributed by atoms with Crippen LogP contribution in [-0.2, 0) is 13.0 Å². The van der Waals surface area contributed by atoms with Crippen LogP contribution in [0.3, 0.4) is 0 Å². The summed E-state index contributed by atoms with van der Waals surface area (Å²) in [6, 6.07) is 12.9. The molecular weight excluding hydrogens is 311 g/mol. The predicted octanol–water partition coefficient (Wildman–Crippen LogP) is 3.96. The number of thioether (sulfide) groups is 1. The van der Waals surface area contributed by atoms with Crippen molar-refractivity contribution in [1.29, 1.82) is 0 Å². The van der Waals surface area contributed by atoms with E-state index in [1.807, 2.05) is 0 Å². The van der Waals surface area contributed by atoms with Gasteiger partial charge in [-0.25, -0.2) is 0 Å². The number of nitrogens with zero attached hydrogens (tertiary/aromatic N) is 1. The fourth-order valence-corrected chi connectivity index (χ4v) is 2.67. The maximum atomic E-state index is 4.79. The van der Waals surface area contributed by atoms with E-state index in [2.05, 4.69) is 48.0 Å². The van der Waals surface area contributed by atoms with Crippen LogP contribution in [0.1, 0.15) is 11.3 Å². The molecule has 1 aliphatic rings.